The molecule has 0 saturated heterocycles. The van der Waals surface area contributed by atoms with Crippen LogP contribution in [0.2, 0.25) is 0 Å². The minimum absolute atomic E-state index is 0.0132. The van der Waals surface area contributed by atoms with E-state index in [1.54, 1.807) is 24.3 Å². The predicted molar refractivity (Wildman–Crippen MR) is 116 cm³/mol. The average molecular weight is 471 g/mol. The molecule has 0 radical (unpaired) electrons. The maximum Gasteiger partial charge on any atom is 0.573 e. The van der Waals surface area contributed by atoms with Gasteiger partial charge < -0.3 is 14.6 Å². The van der Waals surface area contributed by atoms with Crippen LogP contribution in [0.1, 0.15) is 22.7 Å². The topological polar surface area (TPSA) is 76.1 Å². The number of carbonyl (C=O) groups excluding carboxylic acids is 1. The van der Waals surface area contributed by atoms with E-state index >= 15 is 0 Å². The van der Waals surface area contributed by atoms with Gasteiger partial charge in [0.25, 0.3) is 0 Å². The maximum absolute atomic E-state index is 13.0. The van der Waals surface area contributed by atoms with Gasteiger partial charge in [0.2, 0.25) is 0 Å². The minimum Gasteiger partial charge on any atom is -0.480 e. The van der Waals surface area contributed by atoms with Gasteiger partial charge in [-0.05, 0) is 33.9 Å². The number of rotatable bonds is 6. The Morgan fingerprint density at radius 1 is 0.941 bits per heavy atom. The summed E-state index contributed by atoms with van der Waals surface area (Å²) in [6.07, 6.45) is -6.31. The number of nitrogens with zero attached hydrogens (tertiary/aromatic N) is 1. The van der Waals surface area contributed by atoms with Crippen molar-refractivity contribution in [3.05, 3.63) is 89.5 Å². The van der Waals surface area contributed by atoms with Gasteiger partial charge in [-0.3, -0.25) is 4.90 Å². The number of methoxy groups -OCH3 is 1. The summed E-state index contributed by atoms with van der Waals surface area (Å²) < 4.78 is 47.8. The molecule has 6 nitrogen and oxygen atoms in total. The summed E-state index contributed by atoms with van der Waals surface area (Å²) in [5, 5.41) is 10.1. The van der Waals surface area contributed by atoms with Crippen LogP contribution in [0.15, 0.2) is 72.8 Å². The summed E-state index contributed by atoms with van der Waals surface area (Å²) in [7, 11) is 1.13. The van der Waals surface area contributed by atoms with Crippen LogP contribution < -0.4 is 4.74 Å². The van der Waals surface area contributed by atoms with Crippen LogP contribution in [0, 0.1) is 0 Å². The third-order valence-corrected chi connectivity index (χ3v) is 5.70. The largest absolute Gasteiger partial charge is 0.573 e. The quantitative estimate of drug-likeness (QED) is 0.520. The van der Waals surface area contributed by atoms with E-state index in [2.05, 4.69) is 4.74 Å². The predicted octanol–water partition coefficient (Wildman–Crippen LogP) is 5.42. The highest BCUT2D eigenvalue weighted by molar-refractivity contribution is 5.85. The third-order valence-electron chi connectivity index (χ3n) is 5.70. The number of alkyl halides is 3. The fraction of sp³-hybridized carbons (Fsp3) is 0.200. The van der Waals surface area contributed by atoms with Crippen LogP contribution in [0.3, 0.4) is 0 Å². The van der Waals surface area contributed by atoms with Crippen LogP contribution in [0.4, 0.5) is 18.0 Å². The number of hydrogen-bond donors (Lipinski definition) is 1. The first-order valence-corrected chi connectivity index (χ1v) is 10.3. The second-order valence-corrected chi connectivity index (χ2v) is 7.67. The normalized spacial score (nSPS) is 13.5. The van der Waals surface area contributed by atoms with Crippen LogP contribution in [-0.4, -0.2) is 41.6 Å². The standard InChI is InChI=1S/C25H20F3NO5/c1-33-24(32)29(22-18-11-5-3-9-16(18)17-10-4-6-12-19(17)22)20(23(30)31)14-15-8-2-7-13-21(15)34-25(26,27)28/h2-13,20,22H,14H2,1H3,(H,30,31)/t20-/m0/s1. The zero-order valence-electron chi connectivity index (χ0n) is 18.0. The van der Waals surface area contributed by atoms with E-state index in [1.165, 1.54) is 18.2 Å². The number of fused-ring (bicyclic) bond motifs is 3. The Morgan fingerprint density at radius 3 is 2.00 bits per heavy atom. The summed E-state index contributed by atoms with van der Waals surface area (Å²) in [6.45, 7) is 0. The molecule has 0 heterocycles. The van der Waals surface area contributed by atoms with E-state index in [9.17, 15) is 27.9 Å². The molecule has 4 rings (SSSR count). The number of carboxylic acid groups (broad SMARTS) is 1. The Labute approximate surface area is 193 Å². The van der Waals surface area contributed by atoms with Gasteiger partial charge in [0.1, 0.15) is 11.8 Å². The molecule has 0 unspecified atom stereocenters. The first kappa shape index (κ1) is 23.2. The van der Waals surface area contributed by atoms with Gasteiger partial charge in [-0.25, -0.2) is 9.59 Å². The fourth-order valence-electron chi connectivity index (χ4n) is 4.36. The van der Waals surface area contributed by atoms with Crippen molar-refractivity contribution in [3.8, 4) is 16.9 Å². The molecule has 0 spiro atoms. The van der Waals surface area contributed by atoms with Crippen molar-refractivity contribution in [2.75, 3.05) is 7.11 Å². The monoisotopic (exact) mass is 471 g/mol. The lowest BCUT2D eigenvalue weighted by molar-refractivity contribution is -0.274. The molecular weight excluding hydrogens is 451 g/mol. The maximum atomic E-state index is 13.0. The number of aliphatic carboxylic acids is 1. The first-order chi connectivity index (χ1) is 16.2. The minimum atomic E-state index is -4.96. The number of carbonyl (C=O) groups is 2. The second-order valence-electron chi connectivity index (χ2n) is 7.67. The number of hydrogen-bond acceptors (Lipinski definition) is 4. The van der Waals surface area contributed by atoms with Crippen molar-refractivity contribution in [2.45, 2.75) is 24.9 Å². The molecule has 1 amide bonds. The van der Waals surface area contributed by atoms with Crippen LogP contribution in [0.25, 0.3) is 11.1 Å². The number of ether oxygens (including phenoxy) is 2. The van der Waals surface area contributed by atoms with Gasteiger partial charge in [0.15, 0.2) is 0 Å². The van der Waals surface area contributed by atoms with Crippen LogP contribution in [0.5, 0.6) is 5.75 Å². The zero-order chi connectivity index (χ0) is 24.5. The Hall–Kier alpha value is -4.01. The molecule has 1 atom stereocenters. The molecule has 34 heavy (non-hydrogen) atoms. The van der Waals surface area contributed by atoms with Gasteiger partial charge in [0.05, 0.1) is 13.2 Å². The summed E-state index contributed by atoms with van der Waals surface area (Å²) >= 11 is 0. The average Bonchev–Trinajstić information content (AvgIpc) is 3.13. The number of para-hydroxylation sites is 1. The van der Waals surface area contributed by atoms with Gasteiger partial charge in [0, 0.05) is 6.42 Å². The Kier molecular flexibility index (Phi) is 6.19. The van der Waals surface area contributed by atoms with Gasteiger partial charge >= 0.3 is 18.4 Å². The molecule has 0 aliphatic heterocycles. The SMILES string of the molecule is COC(=O)N(C1c2ccccc2-c2ccccc21)[C@@H](Cc1ccccc1OC(F)(F)F)C(=O)O. The summed E-state index contributed by atoms with van der Waals surface area (Å²) in [4.78, 5) is 26.5. The number of amides is 1. The summed E-state index contributed by atoms with van der Waals surface area (Å²) in [5.41, 5.74) is 3.05. The number of benzene rings is 3. The molecule has 1 N–H and O–H groups in total. The van der Waals surface area contributed by atoms with E-state index in [1.807, 2.05) is 24.3 Å². The number of halogens is 3. The molecule has 3 aromatic carbocycles. The Morgan fingerprint density at radius 2 is 1.47 bits per heavy atom. The Balaban J connectivity index is 1.82. The highest BCUT2D eigenvalue weighted by atomic mass is 19.4. The second kappa shape index (κ2) is 9.09. The molecule has 9 heteroatoms. The third kappa shape index (κ3) is 4.41. The van der Waals surface area contributed by atoms with Crippen molar-refractivity contribution < 1.29 is 37.3 Å². The van der Waals surface area contributed by atoms with Crippen LogP contribution in [-0.2, 0) is 16.0 Å². The molecule has 0 bridgehead atoms. The molecule has 176 valence electrons. The van der Waals surface area contributed by atoms with Gasteiger partial charge in [-0.1, -0.05) is 66.7 Å². The van der Waals surface area contributed by atoms with Crippen molar-refractivity contribution in [1.29, 1.82) is 0 Å². The molecule has 0 aromatic heterocycles. The van der Waals surface area contributed by atoms with Gasteiger partial charge in [-0.15, -0.1) is 13.2 Å². The molecule has 0 fully saturated rings. The lowest BCUT2D eigenvalue weighted by Gasteiger charge is -2.34. The lowest BCUT2D eigenvalue weighted by Crippen LogP contribution is -2.48. The fourth-order valence-corrected chi connectivity index (χ4v) is 4.36. The zero-order valence-corrected chi connectivity index (χ0v) is 18.0. The molecular formula is C25H20F3NO5. The molecule has 0 saturated carbocycles. The lowest BCUT2D eigenvalue weighted by atomic mass is 9.98. The summed E-state index contributed by atoms with van der Waals surface area (Å²) in [5.74, 6) is -1.92. The Bertz CT molecular complexity index is 1180. The van der Waals surface area contributed by atoms with E-state index in [0.717, 1.165) is 29.2 Å². The van der Waals surface area contributed by atoms with Crippen molar-refractivity contribution in [1.82, 2.24) is 4.90 Å². The van der Waals surface area contributed by atoms with Crippen molar-refractivity contribution >= 4 is 12.1 Å². The van der Waals surface area contributed by atoms with Crippen molar-refractivity contribution in [2.24, 2.45) is 0 Å². The molecule has 1 aliphatic carbocycles. The number of carboxylic acids is 1. The van der Waals surface area contributed by atoms with E-state index in [4.69, 9.17) is 4.74 Å². The summed E-state index contributed by atoms with van der Waals surface area (Å²) in [6, 6.07) is 17.4. The van der Waals surface area contributed by atoms with E-state index in [0.29, 0.717) is 11.1 Å². The van der Waals surface area contributed by atoms with Gasteiger partial charge in [-0.2, -0.15) is 0 Å². The molecule has 3 aromatic rings. The highest BCUT2D eigenvalue weighted by Gasteiger charge is 2.43. The first-order valence-electron chi connectivity index (χ1n) is 10.3. The smallest absolute Gasteiger partial charge is 0.480 e. The highest BCUT2D eigenvalue weighted by Crippen LogP contribution is 2.47. The molecule has 1 aliphatic rings. The van der Waals surface area contributed by atoms with Crippen LogP contribution >= 0.6 is 0 Å². The van der Waals surface area contributed by atoms with E-state index < -0.39 is 42.7 Å². The van der Waals surface area contributed by atoms with Crippen molar-refractivity contribution in [3.63, 3.8) is 0 Å². The van der Waals surface area contributed by atoms with E-state index in [-0.39, 0.29) is 5.56 Å².